The Labute approximate surface area is 110 Å². The molecule has 5 heteroatoms. The average molecular weight is 303 g/mol. The highest BCUT2D eigenvalue weighted by Gasteiger charge is 2.08. The van der Waals surface area contributed by atoms with Crippen molar-refractivity contribution in [3.63, 3.8) is 0 Å². The maximum atomic E-state index is 9.28. The molecule has 4 nitrogen and oxygen atoms in total. The summed E-state index contributed by atoms with van der Waals surface area (Å²) in [6, 6.07) is 1.88. The lowest BCUT2D eigenvalue weighted by atomic mass is 10.2. The zero-order chi connectivity index (χ0) is 12.7. The molecule has 0 amide bonds. The maximum absolute atomic E-state index is 9.28. The lowest BCUT2D eigenvalue weighted by Crippen LogP contribution is -2.21. The molecule has 1 aromatic rings. The summed E-state index contributed by atoms with van der Waals surface area (Å²) in [6.07, 6.45) is 4.60. The zero-order valence-corrected chi connectivity index (χ0v) is 11.7. The molecule has 0 aliphatic carbocycles. The topological polar surface area (TPSA) is 56.6 Å². The molecule has 0 atom stereocenters. The van der Waals surface area contributed by atoms with Crippen molar-refractivity contribution in [1.29, 1.82) is 0 Å². The van der Waals surface area contributed by atoms with Crippen LogP contribution in [0.15, 0.2) is 16.7 Å². The van der Waals surface area contributed by atoms with Crippen LogP contribution in [0.4, 0.5) is 5.82 Å². The molecule has 1 heterocycles. The van der Waals surface area contributed by atoms with Crippen molar-refractivity contribution in [2.75, 3.05) is 25.1 Å². The molecule has 0 saturated heterocycles. The van der Waals surface area contributed by atoms with Gasteiger partial charge in [-0.3, -0.25) is 0 Å². The number of hydrogen-bond donors (Lipinski definition) is 2. The van der Waals surface area contributed by atoms with Gasteiger partial charge < -0.3 is 15.1 Å². The van der Waals surface area contributed by atoms with E-state index in [9.17, 15) is 5.11 Å². The van der Waals surface area contributed by atoms with E-state index < -0.39 is 0 Å². The van der Waals surface area contributed by atoms with Gasteiger partial charge in [0.15, 0.2) is 0 Å². The monoisotopic (exact) mass is 302 g/mol. The largest absolute Gasteiger partial charge is 0.396 e. The Morgan fingerprint density at radius 3 is 2.71 bits per heavy atom. The third kappa shape index (κ3) is 4.61. The normalized spacial score (nSPS) is 10.6. The number of aliphatic hydroxyl groups is 2. The van der Waals surface area contributed by atoms with E-state index in [0.717, 1.165) is 41.7 Å². The van der Waals surface area contributed by atoms with Gasteiger partial charge in [-0.2, -0.15) is 0 Å². The summed E-state index contributed by atoms with van der Waals surface area (Å²) < 4.78 is 0.874. The van der Waals surface area contributed by atoms with Crippen LogP contribution in [0.25, 0.3) is 0 Å². The van der Waals surface area contributed by atoms with E-state index in [1.54, 1.807) is 6.20 Å². The van der Waals surface area contributed by atoms with Gasteiger partial charge in [0.25, 0.3) is 0 Å². The van der Waals surface area contributed by atoms with E-state index in [-0.39, 0.29) is 13.2 Å². The summed E-state index contributed by atoms with van der Waals surface area (Å²) in [7, 11) is 1.97. The minimum Gasteiger partial charge on any atom is -0.396 e. The SMILES string of the molecule is CN(CCCCCO)c1ncc(Br)cc1CO. The van der Waals surface area contributed by atoms with E-state index in [4.69, 9.17) is 5.11 Å². The van der Waals surface area contributed by atoms with Gasteiger partial charge in [0.1, 0.15) is 5.82 Å². The number of halogens is 1. The average Bonchev–Trinajstić information content (AvgIpc) is 2.34. The quantitative estimate of drug-likeness (QED) is 0.756. The van der Waals surface area contributed by atoms with Gasteiger partial charge >= 0.3 is 0 Å². The van der Waals surface area contributed by atoms with Crippen LogP contribution in [0.5, 0.6) is 0 Å². The zero-order valence-electron chi connectivity index (χ0n) is 10.1. The molecule has 17 heavy (non-hydrogen) atoms. The number of anilines is 1. The van der Waals surface area contributed by atoms with Crippen LogP contribution in [0.2, 0.25) is 0 Å². The van der Waals surface area contributed by atoms with Crippen molar-refractivity contribution < 1.29 is 10.2 Å². The lowest BCUT2D eigenvalue weighted by molar-refractivity contribution is 0.281. The molecule has 2 N–H and O–H groups in total. The first-order valence-corrected chi connectivity index (χ1v) is 6.55. The summed E-state index contributed by atoms with van der Waals surface area (Å²) >= 11 is 3.34. The molecule has 1 aromatic heterocycles. The van der Waals surface area contributed by atoms with Gasteiger partial charge in [0.2, 0.25) is 0 Å². The number of nitrogens with zero attached hydrogens (tertiary/aromatic N) is 2. The van der Waals surface area contributed by atoms with Crippen molar-refractivity contribution in [3.8, 4) is 0 Å². The van der Waals surface area contributed by atoms with Crippen molar-refractivity contribution in [2.24, 2.45) is 0 Å². The van der Waals surface area contributed by atoms with Crippen LogP contribution in [-0.4, -0.2) is 35.4 Å². The molecular weight excluding hydrogens is 284 g/mol. The minimum absolute atomic E-state index is 0.0112. The summed E-state index contributed by atoms with van der Waals surface area (Å²) in [5.41, 5.74) is 0.823. The van der Waals surface area contributed by atoms with Crippen molar-refractivity contribution >= 4 is 21.7 Å². The molecule has 0 saturated carbocycles. The number of unbranched alkanes of at least 4 members (excludes halogenated alkanes) is 2. The minimum atomic E-state index is -0.0112. The van der Waals surface area contributed by atoms with Crippen LogP contribution in [0.3, 0.4) is 0 Å². The number of hydrogen-bond acceptors (Lipinski definition) is 4. The first-order chi connectivity index (χ1) is 8.19. The molecule has 0 aromatic carbocycles. The fourth-order valence-corrected chi connectivity index (χ4v) is 2.06. The second kappa shape index (κ2) is 7.63. The summed E-state index contributed by atoms with van der Waals surface area (Å²) in [5.74, 6) is 0.819. The number of aromatic nitrogens is 1. The fourth-order valence-electron chi connectivity index (χ4n) is 1.68. The van der Waals surface area contributed by atoms with E-state index in [2.05, 4.69) is 20.9 Å². The van der Waals surface area contributed by atoms with Gasteiger partial charge in [-0.1, -0.05) is 0 Å². The standard InChI is InChI=1S/C12H19BrN2O2/c1-15(5-3-2-4-6-16)12-10(9-17)7-11(13)8-14-12/h7-8,16-17H,2-6,9H2,1H3. The van der Waals surface area contributed by atoms with Crippen LogP contribution in [0, 0.1) is 0 Å². The number of pyridine rings is 1. The fraction of sp³-hybridized carbons (Fsp3) is 0.583. The summed E-state index contributed by atoms with van der Waals surface area (Å²) in [5, 5.41) is 18.0. The Morgan fingerprint density at radius 2 is 2.06 bits per heavy atom. The molecule has 0 unspecified atom stereocenters. The smallest absolute Gasteiger partial charge is 0.133 e. The Morgan fingerprint density at radius 1 is 1.29 bits per heavy atom. The molecule has 0 aliphatic heterocycles. The Balaban J connectivity index is 2.58. The van der Waals surface area contributed by atoms with Gasteiger partial charge in [-0.15, -0.1) is 0 Å². The Bertz CT molecular complexity index is 347. The lowest BCUT2D eigenvalue weighted by Gasteiger charge is -2.20. The van der Waals surface area contributed by atoms with Crippen LogP contribution in [-0.2, 0) is 6.61 Å². The van der Waals surface area contributed by atoms with Crippen LogP contribution in [0.1, 0.15) is 24.8 Å². The molecule has 1 rings (SSSR count). The summed E-state index contributed by atoms with van der Waals surface area (Å²) in [4.78, 5) is 6.35. The van der Waals surface area contributed by atoms with Crippen molar-refractivity contribution in [3.05, 3.63) is 22.3 Å². The molecule has 0 bridgehead atoms. The van der Waals surface area contributed by atoms with Crippen LogP contribution >= 0.6 is 15.9 Å². The Kier molecular flexibility index (Phi) is 6.47. The Hall–Kier alpha value is -0.650. The van der Waals surface area contributed by atoms with E-state index >= 15 is 0 Å². The molecule has 0 aliphatic rings. The van der Waals surface area contributed by atoms with E-state index in [1.807, 2.05) is 18.0 Å². The highest BCUT2D eigenvalue weighted by molar-refractivity contribution is 9.10. The van der Waals surface area contributed by atoms with Gasteiger partial charge in [-0.05, 0) is 41.3 Å². The third-order valence-electron chi connectivity index (χ3n) is 2.59. The predicted molar refractivity (Wildman–Crippen MR) is 72.1 cm³/mol. The van der Waals surface area contributed by atoms with Gasteiger partial charge in [-0.25, -0.2) is 4.98 Å². The van der Waals surface area contributed by atoms with Gasteiger partial charge in [0, 0.05) is 36.4 Å². The number of rotatable bonds is 7. The van der Waals surface area contributed by atoms with Crippen LogP contribution < -0.4 is 4.90 Å². The van der Waals surface area contributed by atoms with Crippen molar-refractivity contribution in [2.45, 2.75) is 25.9 Å². The highest BCUT2D eigenvalue weighted by atomic mass is 79.9. The second-order valence-corrected chi connectivity index (χ2v) is 4.92. The molecular formula is C12H19BrN2O2. The molecule has 96 valence electrons. The molecule has 0 spiro atoms. The van der Waals surface area contributed by atoms with E-state index in [1.165, 1.54) is 0 Å². The second-order valence-electron chi connectivity index (χ2n) is 4.00. The maximum Gasteiger partial charge on any atom is 0.133 e. The van der Waals surface area contributed by atoms with Gasteiger partial charge in [0.05, 0.1) is 6.61 Å². The predicted octanol–water partition coefficient (Wildman–Crippen LogP) is 1.94. The number of aliphatic hydroxyl groups excluding tert-OH is 2. The molecule has 0 fully saturated rings. The first-order valence-electron chi connectivity index (χ1n) is 5.76. The van der Waals surface area contributed by atoms with Crippen molar-refractivity contribution in [1.82, 2.24) is 4.98 Å². The highest BCUT2D eigenvalue weighted by Crippen LogP contribution is 2.21. The molecule has 0 radical (unpaired) electrons. The summed E-state index contributed by atoms with van der Waals surface area (Å²) in [6.45, 7) is 1.12. The third-order valence-corrected chi connectivity index (χ3v) is 3.03. The van der Waals surface area contributed by atoms with E-state index in [0.29, 0.717) is 0 Å². The first kappa shape index (κ1) is 14.4.